The van der Waals surface area contributed by atoms with Crippen LogP contribution in [-0.4, -0.2) is 11.6 Å². The molecule has 0 aliphatic rings. The van der Waals surface area contributed by atoms with Gasteiger partial charge in [0.2, 0.25) is 0 Å². The van der Waals surface area contributed by atoms with Gasteiger partial charge in [-0.2, -0.15) is 4.89 Å². The largest absolute Gasteiger partial charge is 0.342 e. The molecule has 0 N–H and O–H groups in total. The van der Waals surface area contributed by atoms with Crippen LogP contribution in [0.4, 0.5) is 0 Å². The van der Waals surface area contributed by atoms with Gasteiger partial charge in [-0.25, -0.2) is 4.79 Å². The van der Waals surface area contributed by atoms with Gasteiger partial charge in [-0.1, -0.05) is 26.7 Å². The molecule has 0 heterocycles. The summed E-state index contributed by atoms with van der Waals surface area (Å²) in [5, 5.41) is 4.11. The zero-order valence-electron chi connectivity index (χ0n) is 10.0. The lowest BCUT2D eigenvalue weighted by molar-refractivity contribution is -0.514. The van der Waals surface area contributed by atoms with Crippen molar-refractivity contribution in [3.63, 3.8) is 0 Å². The predicted molar refractivity (Wildman–Crippen MR) is 54.3 cm³/mol. The van der Waals surface area contributed by atoms with Gasteiger partial charge in [-0.15, -0.1) is 0 Å². The molecule has 0 fully saturated rings. The molecule has 0 saturated heterocycles. The van der Waals surface area contributed by atoms with Crippen LogP contribution in [0.3, 0.4) is 0 Å². The lowest BCUT2D eigenvalue weighted by atomic mass is 10.2. The lowest BCUT2D eigenvalue weighted by Gasteiger charge is -2.14. The minimum atomic E-state index is -0.538. The third-order valence-corrected chi connectivity index (χ3v) is 0.935. The molecule has 0 aliphatic heterocycles. The summed E-state index contributed by atoms with van der Waals surface area (Å²) in [4.78, 5) is 18.8. The molecule has 0 spiro atoms. The van der Waals surface area contributed by atoms with Crippen LogP contribution < -0.4 is 0 Å². The summed E-state index contributed by atoms with van der Waals surface area (Å²) in [6, 6.07) is 0. The van der Waals surface area contributed by atoms with E-state index in [2.05, 4.69) is 28.7 Å². The number of unbranched alkanes of at least 4 members (excludes halogenated alkanes) is 1. The summed E-state index contributed by atoms with van der Waals surface area (Å²) in [6.07, 6.45) is 2.64. The first kappa shape index (κ1) is 15.8. The number of carbonyl (C=O) groups excluding carboxylic acids is 1. The van der Waals surface area contributed by atoms with Crippen molar-refractivity contribution < 1.29 is 19.6 Å². The fourth-order valence-electron chi connectivity index (χ4n) is 0.167. The van der Waals surface area contributed by atoms with Gasteiger partial charge >= 0.3 is 5.97 Å². The summed E-state index contributed by atoms with van der Waals surface area (Å²) in [5.74, 6) is -0.538. The highest BCUT2D eigenvalue weighted by atomic mass is 17.5. The fourth-order valence-corrected chi connectivity index (χ4v) is 0.167. The first-order chi connectivity index (χ1) is 6.33. The maximum Gasteiger partial charge on any atom is 0.342 e. The number of carbonyl (C=O) groups is 1. The molecular weight excluding hydrogens is 184 g/mol. The molecule has 0 aromatic carbocycles. The van der Waals surface area contributed by atoms with Crippen LogP contribution in [0.25, 0.3) is 0 Å². The second kappa shape index (κ2) is 8.97. The molecule has 0 atom stereocenters. The van der Waals surface area contributed by atoms with Gasteiger partial charge in [0, 0.05) is 6.92 Å². The first-order valence-electron chi connectivity index (χ1n) is 4.86. The van der Waals surface area contributed by atoms with Gasteiger partial charge in [0.25, 0.3) is 0 Å². The maximum absolute atomic E-state index is 10.1. The fraction of sp³-hybridized carbons (Fsp3) is 0.900. The van der Waals surface area contributed by atoms with Gasteiger partial charge < -0.3 is 0 Å². The van der Waals surface area contributed by atoms with Gasteiger partial charge in [-0.05, 0) is 25.8 Å². The number of rotatable bonds is 3. The Balaban J connectivity index is 0. The highest BCUT2D eigenvalue weighted by Gasteiger charge is 2.12. The monoisotopic (exact) mass is 206 g/mol. The smallest absolute Gasteiger partial charge is 0.269 e. The Kier molecular flexibility index (Phi) is 10.1. The molecule has 86 valence electrons. The third-order valence-electron chi connectivity index (χ3n) is 0.935. The van der Waals surface area contributed by atoms with E-state index in [1.54, 1.807) is 20.8 Å². The Hall–Kier alpha value is -0.610. The Morgan fingerprint density at radius 2 is 1.57 bits per heavy atom. The Morgan fingerprint density at radius 1 is 1.14 bits per heavy atom. The van der Waals surface area contributed by atoms with E-state index >= 15 is 0 Å². The predicted octanol–water partition coefficient (Wildman–Crippen LogP) is 3.02. The van der Waals surface area contributed by atoms with E-state index in [1.807, 2.05) is 0 Å². The van der Waals surface area contributed by atoms with Gasteiger partial charge in [0.1, 0.15) is 0 Å². The van der Waals surface area contributed by atoms with Crippen molar-refractivity contribution in [2.45, 2.75) is 60.0 Å². The van der Waals surface area contributed by atoms with Gasteiger partial charge in [-0.3, -0.25) is 4.89 Å². The van der Waals surface area contributed by atoms with E-state index < -0.39 is 11.6 Å². The molecule has 0 aromatic rings. The average molecular weight is 206 g/mol. The van der Waals surface area contributed by atoms with Crippen molar-refractivity contribution in [3.05, 3.63) is 0 Å². The van der Waals surface area contributed by atoms with Crippen LogP contribution in [0.5, 0.6) is 0 Å². The number of hydrogen-bond donors (Lipinski definition) is 0. The van der Waals surface area contributed by atoms with Crippen molar-refractivity contribution in [1.29, 1.82) is 0 Å². The third kappa shape index (κ3) is 22.5. The van der Waals surface area contributed by atoms with Crippen LogP contribution in [0, 0.1) is 0 Å². The first-order valence-corrected chi connectivity index (χ1v) is 4.86. The normalized spacial score (nSPS) is 10.1. The van der Waals surface area contributed by atoms with Crippen molar-refractivity contribution in [2.24, 2.45) is 0 Å². The van der Waals surface area contributed by atoms with Crippen LogP contribution >= 0.6 is 0 Å². The van der Waals surface area contributed by atoms with Crippen molar-refractivity contribution in [2.75, 3.05) is 0 Å². The molecule has 0 aliphatic carbocycles. The summed E-state index contributed by atoms with van der Waals surface area (Å²) < 4.78 is 0. The Labute approximate surface area is 86.4 Å². The topological polar surface area (TPSA) is 44.8 Å². The van der Waals surface area contributed by atoms with Gasteiger partial charge in [0.05, 0.1) is 5.60 Å². The van der Waals surface area contributed by atoms with Crippen LogP contribution in [0.1, 0.15) is 54.4 Å². The molecule has 4 nitrogen and oxygen atoms in total. The molecule has 4 heteroatoms. The Bertz CT molecular complexity index is 136. The molecule has 0 saturated carbocycles. The average Bonchev–Trinajstić information content (AvgIpc) is 2.02. The minimum Gasteiger partial charge on any atom is -0.269 e. The highest BCUT2D eigenvalue weighted by Crippen LogP contribution is 2.06. The molecule has 0 unspecified atom stereocenters. The van der Waals surface area contributed by atoms with E-state index in [1.165, 1.54) is 19.8 Å². The molecule has 14 heavy (non-hydrogen) atoms. The van der Waals surface area contributed by atoms with Gasteiger partial charge in [0.15, 0.2) is 0 Å². The van der Waals surface area contributed by atoms with E-state index in [4.69, 9.17) is 0 Å². The van der Waals surface area contributed by atoms with Crippen LogP contribution in [0.2, 0.25) is 0 Å². The van der Waals surface area contributed by atoms with E-state index in [-0.39, 0.29) is 0 Å². The zero-order chi connectivity index (χ0) is 11.6. The second-order valence-electron chi connectivity index (χ2n) is 3.84. The van der Waals surface area contributed by atoms with E-state index in [9.17, 15) is 4.79 Å². The van der Waals surface area contributed by atoms with Crippen LogP contribution in [-0.2, 0) is 19.6 Å². The highest BCUT2D eigenvalue weighted by molar-refractivity contribution is 5.65. The van der Waals surface area contributed by atoms with Crippen molar-refractivity contribution >= 4 is 5.97 Å². The van der Waals surface area contributed by atoms with Crippen molar-refractivity contribution in [3.8, 4) is 0 Å². The standard InChI is InChI=1S/C6H12O4.C4H10/c1-5(7)8-10-9-6(2,3)4;1-3-4-2/h1-4H3;3-4H2,1-2H3. The minimum absolute atomic E-state index is 0.463. The molecule has 0 aromatic heterocycles. The molecular formula is C10H22O4. The van der Waals surface area contributed by atoms with Crippen molar-refractivity contribution in [1.82, 2.24) is 0 Å². The summed E-state index contributed by atoms with van der Waals surface area (Å²) in [5.41, 5.74) is -0.463. The molecule has 0 bridgehead atoms. The zero-order valence-corrected chi connectivity index (χ0v) is 10.0. The maximum atomic E-state index is 10.1. The van der Waals surface area contributed by atoms with Crippen LogP contribution in [0.15, 0.2) is 0 Å². The van der Waals surface area contributed by atoms with E-state index in [0.29, 0.717) is 0 Å². The molecule has 0 radical (unpaired) electrons. The summed E-state index contributed by atoms with van der Waals surface area (Å²) in [6.45, 7) is 10.9. The molecule has 0 rings (SSSR count). The summed E-state index contributed by atoms with van der Waals surface area (Å²) >= 11 is 0. The second-order valence-corrected chi connectivity index (χ2v) is 3.84. The van der Waals surface area contributed by atoms with E-state index in [0.717, 1.165) is 0 Å². The Morgan fingerprint density at radius 3 is 1.79 bits per heavy atom. The summed E-state index contributed by atoms with van der Waals surface area (Å²) in [7, 11) is 0. The number of hydrogen-bond acceptors (Lipinski definition) is 4. The lowest BCUT2D eigenvalue weighted by Crippen LogP contribution is -2.20. The SMILES string of the molecule is CC(=O)OOOC(C)(C)C.CCCC. The quantitative estimate of drug-likeness (QED) is 0.526. The molecule has 0 amide bonds.